The Labute approximate surface area is 147 Å². The van der Waals surface area contributed by atoms with Crippen molar-refractivity contribution >= 4 is 40.6 Å². The standard InChI is InChI=1S/C17H14N2O5S/c1-9-3-5-11(24-9)8-14-15(21)19(2)17(25-14)18-13-6-4-10(20)7-12(13)16(22)23/h3-8,20H,1-2H3,(H,22,23)/b14-8-,18-17?. The number of amides is 1. The Bertz CT molecular complexity index is 929. The fourth-order valence-electron chi connectivity index (χ4n) is 2.21. The van der Waals surface area contributed by atoms with Gasteiger partial charge in [0.2, 0.25) is 0 Å². The molecule has 1 aromatic carbocycles. The minimum atomic E-state index is -1.21. The van der Waals surface area contributed by atoms with Crippen LogP contribution in [0.3, 0.4) is 0 Å². The first-order chi connectivity index (χ1) is 11.8. The highest BCUT2D eigenvalue weighted by Gasteiger charge is 2.31. The molecule has 3 rings (SSSR count). The molecule has 1 aliphatic heterocycles. The van der Waals surface area contributed by atoms with Crippen LogP contribution in [0.4, 0.5) is 5.69 Å². The van der Waals surface area contributed by atoms with Crippen molar-refractivity contribution in [2.45, 2.75) is 6.92 Å². The van der Waals surface area contributed by atoms with Gasteiger partial charge < -0.3 is 14.6 Å². The van der Waals surface area contributed by atoms with Gasteiger partial charge in [0.05, 0.1) is 16.2 Å². The quantitative estimate of drug-likeness (QED) is 0.817. The largest absolute Gasteiger partial charge is 0.508 e. The average molecular weight is 358 g/mol. The number of benzene rings is 1. The molecule has 0 bridgehead atoms. The number of likely N-dealkylation sites (N-methyl/N-ethyl adjacent to an activating group) is 1. The number of phenols is 1. The maximum atomic E-state index is 12.3. The highest BCUT2D eigenvalue weighted by atomic mass is 32.2. The van der Waals surface area contributed by atoms with Gasteiger partial charge in [0.15, 0.2) is 5.17 Å². The van der Waals surface area contributed by atoms with E-state index in [0.717, 1.165) is 23.6 Å². The molecule has 0 aliphatic carbocycles. The zero-order valence-corrected chi connectivity index (χ0v) is 14.2. The smallest absolute Gasteiger partial charge is 0.338 e. The number of furan rings is 1. The molecule has 8 heteroatoms. The summed E-state index contributed by atoms with van der Waals surface area (Å²) in [6.45, 7) is 1.81. The molecular weight excluding hydrogens is 344 g/mol. The molecular formula is C17H14N2O5S. The number of aryl methyl sites for hydroxylation is 1. The SMILES string of the molecule is Cc1ccc(/C=C2\SC(=Nc3ccc(O)cc3C(=O)O)N(C)C2=O)o1. The summed E-state index contributed by atoms with van der Waals surface area (Å²) in [6.07, 6.45) is 1.62. The molecule has 1 aliphatic rings. The van der Waals surface area contributed by atoms with Gasteiger partial charge in [0.25, 0.3) is 5.91 Å². The van der Waals surface area contributed by atoms with Crippen molar-refractivity contribution in [1.82, 2.24) is 4.90 Å². The number of carboxylic acid groups (broad SMARTS) is 1. The fraction of sp³-hybridized carbons (Fsp3) is 0.118. The number of nitrogens with zero attached hydrogens (tertiary/aromatic N) is 2. The van der Waals surface area contributed by atoms with Gasteiger partial charge in [0.1, 0.15) is 17.3 Å². The van der Waals surface area contributed by atoms with E-state index in [1.54, 1.807) is 25.3 Å². The summed E-state index contributed by atoms with van der Waals surface area (Å²) in [5.74, 6) is -0.347. The maximum absolute atomic E-state index is 12.3. The number of carbonyl (C=O) groups is 2. The molecule has 25 heavy (non-hydrogen) atoms. The number of aromatic carboxylic acids is 1. The van der Waals surface area contributed by atoms with Crippen molar-refractivity contribution < 1.29 is 24.2 Å². The van der Waals surface area contributed by atoms with Gasteiger partial charge in [-0.05, 0) is 49.0 Å². The minimum absolute atomic E-state index is 0.145. The summed E-state index contributed by atoms with van der Waals surface area (Å²) in [5, 5.41) is 19.0. The van der Waals surface area contributed by atoms with E-state index < -0.39 is 5.97 Å². The Morgan fingerprint density at radius 1 is 1.32 bits per heavy atom. The van der Waals surface area contributed by atoms with Crippen molar-refractivity contribution in [3.05, 3.63) is 52.3 Å². The van der Waals surface area contributed by atoms with Crippen LogP contribution in [0.15, 0.2) is 44.6 Å². The summed E-state index contributed by atoms with van der Waals surface area (Å²) < 4.78 is 5.44. The Hall–Kier alpha value is -3.00. The molecule has 0 saturated carbocycles. The summed E-state index contributed by atoms with van der Waals surface area (Å²) in [5.41, 5.74) is 0.00980. The van der Waals surface area contributed by atoms with E-state index in [9.17, 15) is 19.8 Å². The number of hydrogen-bond donors (Lipinski definition) is 2. The van der Waals surface area contributed by atoms with Gasteiger partial charge in [-0.2, -0.15) is 0 Å². The lowest BCUT2D eigenvalue weighted by molar-refractivity contribution is -0.121. The monoisotopic (exact) mass is 358 g/mol. The number of thioether (sulfide) groups is 1. The second kappa shape index (κ2) is 6.48. The number of hydrogen-bond acceptors (Lipinski definition) is 6. The van der Waals surface area contributed by atoms with Crippen LogP contribution in [0, 0.1) is 6.92 Å². The number of rotatable bonds is 3. The summed E-state index contributed by atoms with van der Waals surface area (Å²) >= 11 is 1.12. The highest BCUT2D eigenvalue weighted by molar-refractivity contribution is 8.18. The van der Waals surface area contributed by atoms with Gasteiger partial charge in [-0.15, -0.1) is 0 Å². The van der Waals surface area contributed by atoms with Crippen molar-refractivity contribution in [3.63, 3.8) is 0 Å². The van der Waals surface area contributed by atoms with Gasteiger partial charge in [-0.25, -0.2) is 9.79 Å². The molecule has 1 saturated heterocycles. The summed E-state index contributed by atoms with van der Waals surface area (Å²) in [7, 11) is 1.56. The third kappa shape index (κ3) is 3.43. The molecule has 0 unspecified atom stereocenters. The molecule has 2 N–H and O–H groups in total. The summed E-state index contributed by atoms with van der Waals surface area (Å²) in [6, 6.07) is 7.40. The van der Waals surface area contributed by atoms with Gasteiger partial charge in [-0.3, -0.25) is 9.69 Å². The molecule has 2 aromatic rings. The second-order valence-electron chi connectivity index (χ2n) is 5.32. The van der Waals surface area contributed by atoms with Crippen molar-refractivity contribution in [3.8, 4) is 5.75 Å². The van der Waals surface area contributed by atoms with Gasteiger partial charge >= 0.3 is 5.97 Å². The van der Waals surface area contributed by atoms with Crippen LogP contribution in [0.25, 0.3) is 6.08 Å². The lowest BCUT2D eigenvalue weighted by Gasteiger charge is -2.08. The third-order valence-electron chi connectivity index (χ3n) is 3.46. The molecule has 1 aromatic heterocycles. The summed E-state index contributed by atoms with van der Waals surface area (Å²) in [4.78, 5) is 29.7. The fourth-order valence-corrected chi connectivity index (χ4v) is 3.17. The van der Waals surface area contributed by atoms with Gasteiger partial charge in [-0.1, -0.05) is 0 Å². The van der Waals surface area contributed by atoms with E-state index in [4.69, 9.17) is 4.42 Å². The van der Waals surface area contributed by atoms with E-state index in [-0.39, 0.29) is 22.9 Å². The Morgan fingerprint density at radius 3 is 2.72 bits per heavy atom. The van der Waals surface area contributed by atoms with Crippen molar-refractivity contribution in [2.75, 3.05) is 7.05 Å². The average Bonchev–Trinajstić information content (AvgIpc) is 3.08. The van der Waals surface area contributed by atoms with E-state index in [1.165, 1.54) is 17.0 Å². The number of carboxylic acids is 1. The lowest BCUT2D eigenvalue weighted by atomic mass is 10.2. The number of amidine groups is 1. The molecule has 7 nitrogen and oxygen atoms in total. The van der Waals surface area contributed by atoms with E-state index in [1.807, 2.05) is 6.92 Å². The third-order valence-corrected chi connectivity index (χ3v) is 4.52. The van der Waals surface area contributed by atoms with Gasteiger partial charge in [0, 0.05) is 13.1 Å². The molecule has 0 radical (unpaired) electrons. The molecule has 1 amide bonds. The normalized spacial score (nSPS) is 17.7. The molecule has 2 heterocycles. The van der Waals surface area contributed by atoms with Crippen LogP contribution in [0.5, 0.6) is 5.75 Å². The lowest BCUT2D eigenvalue weighted by Crippen LogP contribution is -2.23. The Kier molecular flexibility index (Phi) is 4.37. The predicted octanol–water partition coefficient (Wildman–Crippen LogP) is 3.23. The van der Waals surface area contributed by atoms with Crippen molar-refractivity contribution in [1.29, 1.82) is 0 Å². The van der Waals surface area contributed by atoms with Crippen LogP contribution in [-0.2, 0) is 4.79 Å². The van der Waals surface area contributed by atoms with Crippen LogP contribution in [0.1, 0.15) is 21.9 Å². The number of phenolic OH excluding ortho intramolecular Hbond substituents is 1. The topological polar surface area (TPSA) is 103 Å². The van der Waals surface area contributed by atoms with Crippen LogP contribution in [-0.4, -0.2) is 39.2 Å². The highest BCUT2D eigenvalue weighted by Crippen LogP contribution is 2.34. The Balaban J connectivity index is 1.96. The first-order valence-electron chi connectivity index (χ1n) is 7.24. The zero-order chi connectivity index (χ0) is 18.1. The van der Waals surface area contributed by atoms with Crippen LogP contribution < -0.4 is 0 Å². The van der Waals surface area contributed by atoms with Crippen LogP contribution >= 0.6 is 11.8 Å². The van der Waals surface area contributed by atoms with Crippen LogP contribution in [0.2, 0.25) is 0 Å². The first kappa shape index (κ1) is 16.8. The van der Waals surface area contributed by atoms with Crippen molar-refractivity contribution in [2.24, 2.45) is 4.99 Å². The van der Waals surface area contributed by atoms with E-state index in [2.05, 4.69) is 4.99 Å². The predicted molar refractivity (Wildman–Crippen MR) is 93.9 cm³/mol. The minimum Gasteiger partial charge on any atom is -0.508 e. The molecule has 128 valence electrons. The second-order valence-corrected chi connectivity index (χ2v) is 6.33. The molecule has 0 spiro atoms. The number of aromatic hydroxyl groups is 1. The Morgan fingerprint density at radius 2 is 2.08 bits per heavy atom. The van der Waals surface area contributed by atoms with E-state index >= 15 is 0 Å². The first-order valence-corrected chi connectivity index (χ1v) is 8.06. The number of aliphatic imine (C=N–C) groups is 1. The molecule has 0 atom stereocenters. The maximum Gasteiger partial charge on any atom is 0.338 e. The van der Waals surface area contributed by atoms with E-state index in [0.29, 0.717) is 15.8 Å². The molecule has 1 fully saturated rings. The zero-order valence-electron chi connectivity index (χ0n) is 13.4. The number of carbonyl (C=O) groups excluding carboxylic acids is 1.